The van der Waals surface area contributed by atoms with Crippen LogP contribution in [0.15, 0.2) is 61.3 Å². The number of nitrogens with zero attached hydrogens (tertiary/aromatic N) is 7. The van der Waals surface area contributed by atoms with Crippen LogP contribution in [0.1, 0.15) is 11.3 Å². The van der Waals surface area contributed by atoms with Crippen molar-refractivity contribution >= 4 is 33.1 Å². The van der Waals surface area contributed by atoms with Crippen LogP contribution < -0.4 is 10.1 Å². The van der Waals surface area contributed by atoms with Crippen LogP contribution in [0.2, 0.25) is 0 Å². The van der Waals surface area contributed by atoms with Gasteiger partial charge in [0, 0.05) is 61.2 Å². The second-order valence-electron chi connectivity index (χ2n) is 10.1. The Morgan fingerprint density at radius 1 is 0.974 bits per heavy atom. The number of likely N-dealkylation sites (N-methyl/N-ethyl adjacent to an activating group) is 1. The summed E-state index contributed by atoms with van der Waals surface area (Å²) in [6.45, 7) is 6.51. The lowest BCUT2D eigenvalue weighted by molar-refractivity contribution is 0.148. The number of benzene rings is 1. The number of piperazine rings is 1. The average molecular weight is 539 g/mol. The Labute approximate surface area is 231 Å². The summed E-state index contributed by atoms with van der Waals surface area (Å²) in [6.07, 6.45) is 9.19. The molecule has 1 N–H and O–H groups in total. The highest BCUT2D eigenvalue weighted by Gasteiger charge is 2.26. The number of anilines is 2. The number of hydrogen-bond acceptors (Lipinski definition) is 9. The minimum atomic E-state index is 0.711. The molecular weight excluding hydrogens is 508 g/mol. The van der Waals surface area contributed by atoms with Gasteiger partial charge in [-0.25, -0.2) is 9.97 Å². The fourth-order valence-corrected chi connectivity index (χ4v) is 6.56. The normalized spacial score (nSPS) is 15.7. The zero-order valence-corrected chi connectivity index (χ0v) is 22.7. The summed E-state index contributed by atoms with van der Waals surface area (Å²) in [5, 5.41) is 9.60. The first-order chi connectivity index (χ1) is 19.2. The van der Waals surface area contributed by atoms with Gasteiger partial charge in [-0.2, -0.15) is 5.10 Å². The number of rotatable bonds is 7. The maximum Gasteiger partial charge on any atom is 0.145 e. The second kappa shape index (κ2) is 10.4. The SMILES string of the molecule is CN1CCN(CCn2cc3c(n2)CCc2c-3sc3ncnc(Nc4ccc(Oc5cccnc5)cc4)c23)CC1. The summed E-state index contributed by atoms with van der Waals surface area (Å²) in [5.41, 5.74) is 4.71. The van der Waals surface area contributed by atoms with Crippen LogP contribution in [0.5, 0.6) is 11.5 Å². The molecule has 0 bridgehead atoms. The van der Waals surface area contributed by atoms with Gasteiger partial charge in [-0.3, -0.25) is 14.6 Å². The van der Waals surface area contributed by atoms with Crippen molar-refractivity contribution in [2.75, 3.05) is 45.1 Å². The van der Waals surface area contributed by atoms with Crippen molar-refractivity contribution in [1.29, 1.82) is 0 Å². The number of aryl methyl sites for hydroxylation is 2. The van der Waals surface area contributed by atoms with Crippen LogP contribution in [0.3, 0.4) is 0 Å². The van der Waals surface area contributed by atoms with Crippen molar-refractivity contribution in [1.82, 2.24) is 34.5 Å². The van der Waals surface area contributed by atoms with Gasteiger partial charge in [-0.1, -0.05) is 0 Å². The Bertz CT molecular complexity index is 1590. The summed E-state index contributed by atoms with van der Waals surface area (Å²) < 4.78 is 8.02. The number of nitrogens with one attached hydrogen (secondary N) is 1. The number of hydrogen-bond donors (Lipinski definition) is 1. The number of thiophene rings is 1. The van der Waals surface area contributed by atoms with Gasteiger partial charge in [0.25, 0.3) is 0 Å². The van der Waals surface area contributed by atoms with E-state index in [1.807, 2.05) is 36.4 Å². The molecule has 1 aliphatic heterocycles. The molecule has 39 heavy (non-hydrogen) atoms. The third-order valence-electron chi connectivity index (χ3n) is 7.51. The quantitative estimate of drug-likeness (QED) is 0.315. The van der Waals surface area contributed by atoms with Crippen molar-refractivity contribution in [3.05, 3.63) is 72.6 Å². The summed E-state index contributed by atoms with van der Waals surface area (Å²) in [5.74, 6) is 2.30. The summed E-state index contributed by atoms with van der Waals surface area (Å²) in [4.78, 5) is 20.6. The standard InChI is InChI=1S/C29H30N8OS/c1-35-11-13-36(14-12-35)15-16-37-18-24-25(34-37)9-8-23-26-28(31-19-32-29(26)39-27(23)24)33-20-4-6-21(7-5-20)38-22-3-2-10-30-17-22/h2-7,10,17-19H,8-9,11-16H2,1H3,(H,31,32,33). The molecule has 0 unspecified atom stereocenters. The molecule has 1 fully saturated rings. The molecule has 198 valence electrons. The predicted octanol–water partition coefficient (Wildman–Crippen LogP) is 4.83. The van der Waals surface area contributed by atoms with Crippen LogP contribution in [-0.2, 0) is 19.4 Å². The van der Waals surface area contributed by atoms with Gasteiger partial charge in [0.05, 0.1) is 23.8 Å². The minimum absolute atomic E-state index is 0.711. The van der Waals surface area contributed by atoms with Gasteiger partial charge in [0.2, 0.25) is 0 Å². The monoisotopic (exact) mass is 538 g/mol. The van der Waals surface area contributed by atoms with Crippen molar-refractivity contribution in [2.24, 2.45) is 0 Å². The molecule has 1 aliphatic carbocycles. The molecule has 10 heteroatoms. The maximum atomic E-state index is 5.88. The van der Waals surface area contributed by atoms with Crippen molar-refractivity contribution in [2.45, 2.75) is 19.4 Å². The van der Waals surface area contributed by atoms with E-state index in [0.29, 0.717) is 5.75 Å². The van der Waals surface area contributed by atoms with Gasteiger partial charge in [-0.15, -0.1) is 11.3 Å². The molecule has 0 saturated carbocycles. The van der Waals surface area contributed by atoms with Crippen molar-refractivity contribution in [3.8, 4) is 21.9 Å². The van der Waals surface area contributed by atoms with Crippen LogP contribution in [0.25, 0.3) is 20.7 Å². The Morgan fingerprint density at radius 3 is 2.67 bits per heavy atom. The molecule has 0 radical (unpaired) electrons. The Balaban J connectivity index is 1.11. The largest absolute Gasteiger partial charge is 0.456 e. The van der Waals surface area contributed by atoms with Gasteiger partial charge in [0.1, 0.15) is 28.5 Å². The molecule has 5 aromatic rings. The van der Waals surface area contributed by atoms with Crippen LogP contribution in [0, 0.1) is 0 Å². The van der Waals surface area contributed by atoms with Gasteiger partial charge < -0.3 is 15.0 Å². The molecule has 0 spiro atoms. The Hall–Kier alpha value is -3.86. The molecule has 0 atom stereocenters. The average Bonchev–Trinajstić information content (AvgIpc) is 3.56. The zero-order valence-electron chi connectivity index (χ0n) is 21.9. The lowest BCUT2D eigenvalue weighted by atomic mass is 9.95. The van der Waals surface area contributed by atoms with E-state index >= 15 is 0 Å². The van der Waals surface area contributed by atoms with E-state index in [2.05, 4.69) is 48.0 Å². The Kier molecular flexibility index (Phi) is 6.43. The predicted molar refractivity (Wildman–Crippen MR) is 154 cm³/mol. The van der Waals surface area contributed by atoms with Crippen LogP contribution >= 0.6 is 11.3 Å². The fraction of sp³-hybridized carbons (Fsp3) is 0.310. The minimum Gasteiger partial charge on any atom is -0.456 e. The number of aromatic nitrogens is 5. The zero-order chi connectivity index (χ0) is 26.2. The molecular formula is C29H30N8OS. The maximum absolute atomic E-state index is 5.88. The van der Waals surface area contributed by atoms with Gasteiger partial charge in [0.15, 0.2) is 0 Å². The summed E-state index contributed by atoms with van der Waals surface area (Å²) in [6, 6.07) is 11.6. The number of fused-ring (bicyclic) bond motifs is 5. The topological polar surface area (TPSA) is 84.2 Å². The Morgan fingerprint density at radius 2 is 1.85 bits per heavy atom. The first-order valence-corrected chi connectivity index (χ1v) is 14.2. The number of pyridine rings is 1. The molecule has 4 aromatic heterocycles. The highest BCUT2D eigenvalue weighted by atomic mass is 32.1. The molecule has 2 aliphatic rings. The van der Waals surface area contributed by atoms with E-state index in [0.717, 1.165) is 79.6 Å². The fourth-order valence-electron chi connectivity index (χ4n) is 5.34. The molecule has 7 rings (SSSR count). The third-order valence-corrected chi connectivity index (χ3v) is 8.68. The molecule has 0 amide bonds. The van der Waals surface area contributed by atoms with E-state index in [9.17, 15) is 0 Å². The van der Waals surface area contributed by atoms with Gasteiger partial charge in [-0.05, 0) is 61.9 Å². The lowest BCUT2D eigenvalue weighted by Crippen LogP contribution is -2.45. The molecule has 1 saturated heterocycles. The van der Waals surface area contributed by atoms with E-state index in [1.54, 1.807) is 30.1 Å². The molecule has 9 nitrogen and oxygen atoms in total. The highest BCUT2D eigenvalue weighted by molar-refractivity contribution is 7.22. The van der Waals surface area contributed by atoms with Gasteiger partial charge >= 0.3 is 0 Å². The third kappa shape index (κ3) is 4.98. The number of ether oxygens (including phenoxy) is 1. The van der Waals surface area contributed by atoms with E-state index in [4.69, 9.17) is 9.84 Å². The summed E-state index contributed by atoms with van der Waals surface area (Å²) >= 11 is 1.74. The highest BCUT2D eigenvalue weighted by Crippen LogP contribution is 2.45. The second-order valence-corrected chi connectivity index (χ2v) is 11.1. The van der Waals surface area contributed by atoms with E-state index in [-0.39, 0.29) is 0 Å². The summed E-state index contributed by atoms with van der Waals surface area (Å²) in [7, 11) is 2.20. The lowest BCUT2D eigenvalue weighted by Gasteiger charge is -2.32. The van der Waals surface area contributed by atoms with E-state index < -0.39 is 0 Å². The molecule has 5 heterocycles. The van der Waals surface area contributed by atoms with Crippen molar-refractivity contribution in [3.63, 3.8) is 0 Å². The van der Waals surface area contributed by atoms with E-state index in [1.165, 1.54) is 21.7 Å². The van der Waals surface area contributed by atoms with Crippen LogP contribution in [-0.4, -0.2) is 74.3 Å². The first kappa shape index (κ1) is 24.2. The molecule has 1 aromatic carbocycles. The van der Waals surface area contributed by atoms with Crippen LogP contribution in [0.4, 0.5) is 11.5 Å². The smallest absolute Gasteiger partial charge is 0.145 e. The first-order valence-electron chi connectivity index (χ1n) is 13.4. The van der Waals surface area contributed by atoms with Crippen molar-refractivity contribution < 1.29 is 4.74 Å².